The average Bonchev–Trinajstić information content (AvgIpc) is 2.72. The van der Waals surface area contributed by atoms with Crippen molar-refractivity contribution in [1.82, 2.24) is 9.71 Å². The quantitative estimate of drug-likeness (QED) is 0.478. The fraction of sp³-hybridized carbons (Fsp3) is 0.143. The zero-order chi connectivity index (χ0) is 19.1. The number of carbonyl (C=O) groups is 1. The van der Waals surface area contributed by atoms with Gasteiger partial charge in [-0.25, -0.2) is 13.1 Å². The predicted molar refractivity (Wildman–Crippen MR) is 105 cm³/mol. The van der Waals surface area contributed by atoms with E-state index in [0.717, 1.165) is 11.1 Å². The number of carbonyl (C=O) groups excluding carboxylic acids is 1. The van der Waals surface area contributed by atoms with E-state index in [1.807, 2.05) is 30.3 Å². The molecule has 0 saturated carbocycles. The number of benzene rings is 2. The van der Waals surface area contributed by atoms with E-state index in [1.54, 1.807) is 36.7 Å². The first-order chi connectivity index (χ1) is 13.1. The number of Topliss-reactive ketones (excluding diaryl/α,β-unsaturated/α-hetero) is 1. The van der Waals surface area contributed by atoms with Gasteiger partial charge in [0.1, 0.15) is 0 Å². The highest BCUT2D eigenvalue weighted by Gasteiger charge is 2.13. The molecule has 0 aliphatic carbocycles. The Hall–Kier alpha value is -2.83. The molecule has 3 aromatic rings. The lowest BCUT2D eigenvalue weighted by Gasteiger charge is -2.07. The fourth-order valence-corrected chi connectivity index (χ4v) is 3.78. The van der Waals surface area contributed by atoms with Crippen molar-refractivity contribution in [2.75, 3.05) is 6.54 Å². The molecule has 3 rings (SSSR count). The SMILES string of the molecule is O=C(CCCNS(=O)(=O)c1ccccc1)c1cccc(-c2cccnc2)c1. The van der Waals surface area contributed by atoms with Crippen molar-refractivity contribution in [2.45, 2.75) is 17.7 Å². The molecule has 0 bridgehead atoms. The number of hydrogen-bond acceptors (Lipinski definition) is 4. The van der Waals surface area contributed by atoms with E-state index in [1.165, 1.54) is 12.1 Å². The van der Waals surface area contributed by atoms with Gasteiger partial charge in [-0.2, -0.15) is 0 Å². The molecule has 1 N–H and O–H groups in total. The van der Waals surface area contributed by atoms with Crippen LogP contribution >= 0.6 is 0 Å². The number of aromatic nitrogens is 1. The topological polar surface area (TPSA) is 76.1 Å². The van der Waals surface area contributed by atoms with Crippen molar-refractivity contribution in [1.29, 1.82) is 0 Å². The number of pyridine rings is 1. The zero-order valence-electron chi connectivity index (χ0n) is 14.7. The number of ketones is 1. The molecule has 0 amide bonds. The minimum Gasteiger partial charge on any atom is -0.294 e. The maximum Gasteiger partial charge on any atom is 0.240 e. The second-order valence-electron chi connectivity index (χ2n) is 6.06. The van der Waals surface area contributed by atoms with Crippen LogP contribution in [0.1, 0.15) is 23.2 Å². The van der Waals surface area contributed by atoms with Crippen molar-refractivity contribution in [3.8, 4) is 11.1 Å². The number of nitrogens with one attached hydrogen (secondary N) is 1. The minimum absolute atomic E-state index is 0.0142. The lowest BCUT2D eigenvalue weighted by molar-refractivity contribution is 0.0980. The monoisotopic (exact) mass is 380 g/mol. The summed E-state index contributed by atoms with van der Waals surface area (Å²) in [6, 6.07) is 19.4. The number of rotatable bonds is 8. The first-order valence-corrected chi connectivity index (χ1v) is 10.1. The lowest BCUT2D eigenvalue weighted by Crippen LogP contribution is -2.25. The van der Waals surface area contributed by atoms with Crippen molar-refractivity contribution < 1.29 is 13.2 Å². The van der Waals surface area contributed by atoms with E-state index in [0.29, 0.717) is 12.0 Å². The van der Waals surface area contributed by atoms with Crippen LogP contribution in [0.25, 0.3) is 11.1 Å². The molecule has 0 spiro atoms. The van der Waals surface area contributed by atoms with Crippen LogP contribution in [0.3, 0.4) is 0 Å². The molecule has 138 valence electrons. The van der Waals surface area contributed by atoms with Gasteiger partial charge >= 0.3 is 0 Å². The third kappa shape index (κ3) is 5.09. The summed E-state index contributed by atoms with van der Waals surface area (Å²) in [6.07, 6.45) is 4.16. The van der Waals surface area contributed by atoms with E-state index < -0.39 is 10.0 Å². The number of nitrogens with zero attached hydrogens (tertiary/aromatic N) is 1. The second kappa shape index (κ2) is 8.70. The molecular formula is C21H20N2O3S. The predicted octanol–water partition coefficient (Wildman–Crippen LogP) is 3.69. The summed E-state index contributed by atoms with van der Waals surface area (Å²) in [7, 11) is -3.53. The van der Waals surface area contributed by atoms with Gasteiger partial charge in [0.05, 0.1) is 4.90 Å². The molecule has 1 aromatic heterocycles. The highest BCUT2D eigenvalue weighted by molar-refractivity contribution is 7.89. The van der Waals surface area contributed by atoms with Gasteiger partial charge in [-0.3, -0.25) is 9.78 Å². The Labute approximate surface area is 159 Å². The maximum absolute atomic E-state index is 12.4. The molecule has 1 heterocycles. The lowest BCUT2D eigenvalue weighted by atomic mass is 10.0. The standard InChI is InChI=1S/C21H20N2O3S/c24-21(12-6-14-23-27(25,26)20-10-2-1-3-11-20)18-8-4-7-17(15-18)19-9-5-13-22-16-19/h1-5,7-11,13,15-16,23H,6,12,14H2. The molecule has 0 aliphatic rings. The molecule has 0 saturated heterocycles. The molecule has 0 unspecified atom stereocenters. The van der Waals surface area contributed by atoms with Crippen LogP contribution in [-0.4, -0.2) is 25.7 Å². The van der Waals surface area contributed by atoms with E-state index in [-0.39, 0.29) is 23.6 Å². The van der Waals surface area contributed by atoms with Crippen LogP contribution in [0.15, 0.2) is 84.0 Å². The molecule has 0 radical (unpaired) electrons. The summed E-state index contributed by atoms with van der Waals surface area (Å²) in [4.78, 5) is 16.7. The van der Waals surface area contributed by atoms with Gasteiger partial charge in [0.15, 0.2) is 5.78 Å². The van der Waals surface area contributed by atoms with E-state index in [4.69, 9.17) is 0 Å². The summed E-state index contributed by atoms with van der Waals surface area (Å²) in [5, 5.41) is 0. The highest BCUT2D eigenvalue weighted by atomic mass is 32.2. The Balaban J connectivity index is 1.56. The third-order valence-corrected chi connectivity index (χ3v) is 5.58. The van der Waals surface area contributed by atoms with Crippen LogP contribution in [0.5, 0.6) is 0 Å². The van der Waals surface area contributed by atoms with Gasteiger partial charge in [-0.05, 0) is 36.2 Å². The van der Waals surface area contributed by atoms with Crippen LogP contribution in [0.2, 0.25) is 0 Å². The van der Waals surface area contributed by atoms with Crippen molar-refractivity contribution in [3.05, 3.63) is 84.7 Å². The van der Waals surface area contributed by atoms with Crippen LogP contribution < -0.4 is 4.72 Å². The molecule has 0 aliphatic heterocycles. The third-order valence-electron chi connectivity index (χ3n) is 4.11. The molecule has 27 heavy (non-hydrogen) atoms. The van der Waals surface area contributed by atoms with Gasteiger partial charge in [-0.15, -0.1) is 0 Å². The summed E-state index contributed by atoms with van der Waals surface area (Å²) >= 11 is 0. The Morgan fingerprint density at radius 2 is 1.70 bits per heavy atom. The van der Waals surface area contributed by atoms with Crippen molar-refractivity contribution in [3.63, 3.8) is 0 Å². The summed E-state index contributed by atoms with van der Waals surface area (Å²) in [6.45, 7) is 0.214. The summed E-state index contributed by atoms with van der Waals surface area (Å²) in [5.74, 6) is -0.0142. The molecule has 2 aromatic carbocycles. The van der Waals surface area contributed by atoms with Crippen LogP contribution in [0.4, 0.5) is 0 Å². The highest BCUT2D eigenvalue weighted by Crippen LogP contribution is 2.20. The Kier molecular flexibility index (Phi) is 6.11. The van der Waals surface area contributed by atoms with E-state index in [2.05, 4.69) is 9.71 Å². The zero-order valence-corrected chi connectivity index (χ0v) is 15.5. The van der Waals surface area contributed by atoms with Crippen molar-refractivity contribution >= 4 is 15.8 Å². The normalized spacial score (nSPS) is 11.3. The van der Waals surface area contributed by atoms with Gasteiger partial charge in [0, 0.05) is 36.5 Å². The second-order valence-corrected chi connectivity index (χ2v) is 7.83. The Morgan fingerprint density at radius 3 is 2.44 bits per heavy atom. The van der Waals surface area contributed by atoms with Gasteiger partial charge in [0.2, 0.25) is 10.0 Å². The number of sulfonamides is 1. The molecule has 5 nitrogen and oxygen atoms in total. The first kappa shape index (κ1) is 18.9. The molecule has 0 fully saturated rings. The average molecular weight is 380 g/mol. The maximum atomic E-state index is 12.4. The first-order valence-electron chi connectivity index (χ1n) is 8.65. The van der Waals surface area contributed by atoms with Crippen molar-refractivity contribution in [2.24, 2.45) is 0 Å². The summed E-state index contributed by atoms with van der Waals surface area (Å²) in [5.41, 5.74) is 2.49. The van der Waals surface area contributed by atoms with Gasteiger partial charge in [-0.1, -0.05) is 42.5 Å². The van der Waals surface area contributed by atoms with Crippen LogP contribution in [-0.2, 0) is 10.0 Å². The van der Waals surface area contributed by atoms with Gasteiger partial charge in [0.25, 0.3) is 0 Å². The van der Waals surface area contributed by atoms with E-state index >= 15 is 0 Å². The largest absolute Gasteiger partial charge is 0.294 e. The molecule has 6 heteroatoms. The fourth-order valence-electron chi connectivity index (χ4n) is 2.69. The Bertz CT molecular complexity index is 1000. The minimum atomic E-state index is -3.53. The van der Waals surface area contributed by atoms with E-state index in [9.17, 15) is 13.2 Å². The van der Waals surface area contributed by atoms with Crippen LogP contribution in [0, 0.1) is 0 Å². The smallest absolute Gasteiger partial charge is 0.240 e. The molecule has 0 atom stereocenters. The Morgan fingerprint density at radius 1 is 0.926 bits per heavy atom. The number of hydrogen-bond donors (Lipinski definition) is 1. The van der Waals surface area contributed by atoms with Gasteiger partial charge < -0.3 is 0 Å². The molecular weight excluding hydrogens is 360 g/mol. The summed E-state index contributed by atoms with van der Waals surface area (Å²) < 4.78 is 26.8.